The van der Waals surface area contributed by atoms with Gasteiger partial charge in [0, 0.05) is 17.6 Å². The molecule has 19 heavy (non-hydrogen) atoms. The highest BCUT2D eigenvalue weighted by Gasteiger charge is 2.18. The molecule has 0 unspecified atom stereocenters. The molecule has 0 aliphatic carbocycles. The van der Waals surface area contributed by atoms with E-state index in [2.05, 4.69) is 15.9 Å². The Morgan fingerprint density at radius 2 is 2.00 bits per heavy atom. The second kappa shape index (κ2) is 6.06. The number of amides is 1. The minimum absolute atomic E-state index is 0.0549. The van der Waals surface area contributed by atoms with Gasteiger partial charge in [0.2, 0.25) is 0 Å². The van der Waals surface area contributed by atoms with Crippen LogP contribution in [0.2, 0.25) is 0 Å². The van der Waals surface area contributed by atoms with Crippen molar-refractivity contribution in [1.82, 2.24) is 4.90 Å². The van der Waals surface area contributed by atoms with Crippen molar-refractivity contribution in [2.24, 2.45) is 0 Å². The molecule has 2 rings (SSSR count). The molecule has 0 radical (unpaired) electrons. The van der Waals surface area contributed by atoms with Gasteiger partial charge in [-0.1, -0.05) is 0 Å². The lowest BCUT2D eigenvalue weighted by Gasteiger charge is -2.15. The number of rotatable bonds is 4. The van der Waals surface area contributed by atoms with E-state index in [1.54, 1.807) is 17.0 Å². The fraction of sp³-hybridized carbons (Fsp3) is 0.385. The van der Waals surface area contributed by atoms with E-state index >= 15 is 0 Å². The van der Waals surface area contributed by atoms with E-state index in [0.29, 0.717) is 10.2 Å². The van der Waals surface area contributed by atoms with E-state index in [1.807, 2.05) is 0 Å². The highest BCUT2D eigenvalue weighted by molar-refractivity contribution is 9.10. The molecule has 5 nitrogen and oxygen atoms in total. The van der Waals surface area contributed by atoms with Crippen LogP contribution in [0.4, 0.5) is 0 Å². The van der Waals surface area contributed by atoms with Gasteiger partial charge in [-0.05, 0) is 47.0 Å². The minimum Gasteiger partial charge on any atom is -0.484 e. The molecule has 1 N–H and O–H groups in total. The number of carbonyl (C=O) groups is 2. The molecule has 0 spiro atoms. The van der Waals surface area contributed by atoms with Gasteiger partial charge in [0.15, 0.2) is 6.61 Å². The SMILES string of the molecule is O=C(O)c1cc(OCC(=O)N2CCCC2)ccc1Br. The number of aromatic carboxylic acids is 1. The van der Waals surface area contributed by atoms with Gasteiger partial charge in [-0.3, -0.25) is 4.79 Å². The average Bonchev–Trinajstić information content (AvgIpc) is 2.91. The molecule has 0 saturated carbocycles. The van der Waals surface area contributed by atoms with Crippen molar-refractivity contribution < 1.29 is 19.4 Å². The molecular formula is C13H14BrNO4. The van der Waals surface area contributed by atoms with Crippen LogP contribution < -0.4 is 4.74 Å². The van der Waals surface area contributed by atoms with Crippen molar-refractivity contribution >= 4 is 27.8 Å². The summed E-state index contributed by atoms with van der Waals surface area (Å²) >= 11 is 3.15. The van der Waals surface area contributed by atoms with Crippen LogP contribution in [0.5, 0.6) is 5.75 Å². The van der Waals surface area contributed by atoms with Crippen LogP contribution in [0.3, 0.4) is 0 Å². The number of nitrogens with zero attached hydrogens (tertiary/aromatic N) is 1. The van der Waals surface area contributed by atoms with Crippen LogP contribution >= 0.6 is 15.9 Å². The zero-order chi connectivity index (χ0) is 13.8. The van der Waals surface area contributed by atoms with Crippen LogP contribution in [0.15, 0.2) is 22.7 Å². The summed E-state index contributed by atoms with van der Waals surface area (Å²) in [7, 11) is 0. The van der Waals surface area contributed by atoms with E-state index < -0.39 is 5.97 Å². The Balaban J connectivity index is 1.97. The number of hydrogen-bond donors (Lipinski definition) is 1. The zero-order valence-corrected chi connectivity index (χ0v) is 11.9. The van der Waals surface area contributed by atoms with Crippen LogP contribution in [0, 0.1) is 0 Å². The Bertz CT molecular complexity index is 497. The normalized spacial score (nSPS) is 14.5. The number of ether oxygens (including phenoxy) is 1. The van der Waals surface area contributed by atoms with Crippen LogP contribution in [0.25, 0.3) is 0 Å². The van der Waals surface area contributed by atoms with E-state index in [-0.39, 0.29) is 18.1 Å². The monoisotopic (exact) mass is 327 g/mol. The Labute approximate surface area is 119 Å². The Morgan fingerprint density at radius 1 is 1.32 bits per heavy atom. The number of carbonyl (C=O) groups excluding carboxylic acids is 1. The maximum Gasteiger partial charge on any atom is 0.336 e. The number of likely N-dealkylation sites (tertiary alicyclic amines) is 1. The van der Waals surface area contributed by atoms with Gasteiger partial charge in [-0.25, -0.2) is 4.79 Å². The standard InChI is InChI=1S/C13H14BrNO4/c14-11-4-3-9(7-10(11)13(17)18)19-8-12(16)15-5-1-2-6-15/h3-4,7H,1-2,5-6,8H2,(H,17,18). The van der Waals surface area contributed by atoms with Gasteiger partial charge >= 0.3 is 5.97 Å². The molecule has 6 heteroatoms. The van der Waals surface area contributed by atoms with Crippen molar-refractivity contribution in [3.8, 4) is 5.75 Å². The number of benzene rings is 1. The first-order chi connectivity index (χ1) is 9.08. The maximum absolute atomic E-state index is 11.8. The highest BCUT2D eigenvalue weighted by Crippen LogP contribution is 2.22. The van der Waals surface area contributed by atoms with E-state index in [1.165, 1.54) is 6.07 Å². The predicted octanol–water partition coefficient (Wildman–Crippen LogP) is 2.15. The van der Waals surface area contributed by atoms with Crippen molar-refractivity contribution in [2.45, 2.75) is 12.8 Å². The fourth-order valence-electron chi connectivity index (χ4n) is 1.96. The number of carboxylic acid groups (broad SMARTS) is 1. The Morgan fingerprint density at radius 3 is 2.63 bits per heavy atom. The lowest BCUT2D eigenvalue weighted by Crippen LogP contribution is -2.32. The summed E-state index contributed by atoms with van der Waals surface area (Å²) in [5.74, 6) is -0.714. The van der Waals surface area contributed by atoms with E-state index in [0.717, 1.165) is 25.9 Å². The number of halogens is 1. The largest absolute Gasteiger partial charge is 0.484 e. The van der Waals surface area contributed by atoms with Gasteiger partial charge in [0.1, 0.15) is 5.75 Å². The smallest absolute Gasteiger partial charge is 0.336 e. The molecule has 102 valence electrons. The third-order valence-corrected chi connectivity index (χ3v) is 3.68. The van der Waals surface area contributed by atoms with Crippen molar-refractivity contribution in [3.05, 3.63) is 28.2 Å². The number of hydrogen-bond acceptors (Lipinski definition) is 3. The lowest BCUT2D eigenvalue weighted by atomic mass is 10.2. The predicted molar refractivity (Wildman–Crippen MR) is 72.4 cm³/mol. The average molecular weight is 328 g/mol. The molecule has 1 amide bonds. The molecule has 0 bridgehead atoms. The summed E-state index contributed by atoms with van der Waals surface area (Å²) in [6.07, 6.45) is 2.07. The maximum atomic E-state index is 11.8. The molecule has 1 aliphatic heterocycles. The summed E-state index contributed by atoms with van der Waals surface area (Å²) in [4.78, 5) is 24.5. The summed E-state index contributed by atoms with van der Waals surface area (Å²) in [5, 5.41) is 8.98. The highest BCUT2D eigenvalue weighted by atomic mass is 79.9. The van der Waals surface area contributed by atoms with Gasteiger partial charge in [-0.15, -0.1) is 0 Å². The molecule has 0 aromatic heterocycles. The molecule has 1 heterocycles. The quantitative estimate of drug-likeness (QED) is 0.920. The van der Waals surface area contributed by atoms with Gasteiger partial charge in [0.05, 0.1) is 5.56 Å². The molecule has 0 atom stereocenters. The first-order valence-electron chi connectivity index (χ1n) is 6.01. The van der Waals surface area contributed by atoms with Gasteiger partial charge < -0.3 is 14.7 Å². The zero-order valence-electron chi connectivity index (χ0n) is 10.3. The summed E-state index contributed by atoms with van der Waals surface area (Å²) in [5.41, 5.74) is 0.117. The van der Waals surface area contributed by atoms with E-state index in [9.17, 15) is 9.59 Å². The van der Waals surface area contributed by atoms with Crippen LogP contribution in [0.1, 0.15) is 23.2 Å². The first kappa shape index (κ1) is 13.9. The molecular weight excluding hydrogens is 314 g/mol. The third-order valence-electron chi connectivity index (χ3n) is 2.99. The van der Waals surface area contributed by atoms with Crippen molar-refractivity contribution in [3.63, 3.8) is 0 Å². The molecule has 1 saturated heterocycles. The van der Waals surface area contributed by atoms with Gasteiger partial charge in [-0.2, -0.15) is 0 Å². The van der Waals surface area contributed by atoms with Crippen LogP contribution in [-0.2, 0) is 4.79 Å². The van der Waals surface area contributed by atoms with Gasteiger partial charge in [0.25, 0.3) is 5.91 Å². The van der Waals surface area contributed by atoms with Crippen molar-refractivity contribution in [2.75, 3.05) is 19.7 Å². The Hall–Kier alpha value is -1.56. The Kier molecular flexibility index (Phi) is 4.42. The molecule has 1 aliphatic rings. The lowest BCUT2D eigenvalue weighted by molar-refractivity contribution is -0.132. The number of carboxylic acids is 1. The molecule has 1 fully saturated rings. The molecule has 1 aromatic carbocycles. The summed E-state index contributed by atoms with van der Waals surface area (Å²) in [6, 6.07) is 4.64. The van der Waals surface area contributed by atoms with Crippen molar-refractivity contribution in [1.29, 1.82) is 0 Å². The third kappa shape index (κ3) is 3.47. The second-order valence-corrected chi connectivity index (χ2v) is 5.18. The van der Waals surface area contributed by atoms with Crippen LogP contribution in [-0.4, -0.2) is 41.6 Å². The minimum atomic E-state index is -1.04. The summed E-state index contributed by atoms with van der Waals surface area (Å²) in [6.45, 7) is 1.51. The topological polar surface area (TPSA) is 66.8 Å². The van der Waals surface area contributed by atoms with E-state index in [4.69, 9.17) is 9.84 Å². The summed E-state index contributed by atoms with van der Waals surface area (Å²) < 4.78 is 5.84. The molecule has 1 aromatic rings. The fourth-order valence-corrected chi connectivity index (χ4v) is 2.38. The first-order valence-corrected chi connectivity index (χ1v) is 6.80. The second-order valence-electron chi connectivity index (χ2n) is 4.32.